The van der Waals surface area contributed by atoms with Gasteiger partial charge in [0.05, 0.1) is 32.2 Å². The molecular formula is C18H34NO2+. The second-order valence-electron chi connectivity index (χ2n) is 7.34. The Bertz CT molecular complexity index is 306. The summed E-state index contributed by atoms with van der Waals surface area (Å²) < 4.78 is 5.69. The number of ether oxygens (including phenoxy) is 1. The maximum atomic E-state index is 12.4. The van der Waals surface area contributed by atoms with Gasteiger partial charge >= 0.3 is 5.97 Å². The molecule has 3 heteroatoms. The van der Waals surface area contributed by atoms with Crippen LogP contribution in [0.25, 0.3) is 0 Å². The molecule has 122 valence electrons. The SMILES string of the molecule is CCCC(C(=O)OCC(C)C[NH+]1CCCC1)C1CCCC1. The number of rotatable bonds is 8. The maximum absolute atomic E-state index is 12.4. The van der Waals surface area contributed by atoms with Gasteiger partial charge in [0.25, 0.3) is 0 Å². The molecule has 1 aliphatic heterocycles. The zero-order valence-corrected chi connectivity index (χ0v) is 14.0. The molecule has 0 aromatic carbocycles. The van der Waals surface area contributed by atoms with Crippen molar-refractivity contribution in [3.63, 3.8) is 0 Å². The van der Waals surface area contributed by atoms with Crippen LogP contribution < -0.4 is 4.90 Å². The first kappa shape index (κ1) is 16.8. The number of likely N-dealkylation sites (tertiary alicyclic amines) is 1. The van der Waals surface area contributed by atoms with Crippen molar-refractivity contribution >= 4 is 5.97 Å². The molecule has 1 aliphatic carbocycles. The summed E-state index contributed by atoms with van der Waals surface area (Å²) in [4.78, 5) is 14.1. The molecule has 2 fully saturated rings. The van der Waals surface area contributed by atoms with Crippen molar-refractivity contribution in [1.82, 2.24) is 0 Å². The summed E-state index contributed by atoms with van der Waals surface area (Å²) in [6.45, 7) is 8.79. The molecule has 2 unspecified atom stereocenters. The minimum atomic E-state index is 0.0898. The van der Waals surface area contributed by atoms with Crippen LogP contribution >= 0.6 is 0 Å². The van der Waals surface area contributed by atoms with Crippen molar-refractivity contribution in [3.05, 3.63) is 0 Å². The summed E-state index contributed by atoms with van der Waals surface area (Å²) >= 11 is 0. The highest BCUT2D eigenvalue weighted by Crippen LogP contribution is 2.34. The Hall–Kier alpha value is -0.570. The van der Waals surface area contributed by atoms with E-state index in [0.717, 1.165) is 19.4 Å². The molecule has 0 radical (unpaired) electrons. The van der Waals surface area contributed by atoms with Gasteiger partial charge in [-0.25, -0.2) is 0 Å². The predicted molar refractivity (Wildman–Crippen MR) is 85.3 cm³/mol. The minimum Gasteiger partial charge on any atom is -0.465 e. The summed E-state index contributed by atoms with van der Waals surface area (Å²) in [5.74, 6) is 1.35. The number of carbonyl (C=O) groups excluding carboxylic acids is 1. The molecule has 2 aliphatic rings. The lowest BCUT2D eigenvalue weighted by Crippen LogP contribution is -3.10. The van der Waals surface area contributed by atoms with Crippen LogP contribution in [0.3, 0.4) is 0 Å². The molecule has 0 spiro atoms. The molecule has 0 amide bonds. The highest BCUT2D eigenvalue weighted by Gasteiger charge is 2.31. The Morgan fingerprint density at radius 2 is 1.86 bits per heavy atom. The average molecular weight is 296 g/mol. The van der Waals surface area contributed by atoms with Gasteiger partial charge < -0.3 is 9.64 Å². The first-order valence-corrected chi connectivity index (χ1v) is 9.21. The van der Waals surface area contributed by atoms with E-state index in [4.69, 9.17) is 4.74 Å². The molecule has 1 heterocycles. The molecule has 1 saturated heterocycles. The summed E-state index contributed by atoms with van der Waals surface area (Å²) in [6, 6.07) is 0. The van der Waals surface area contributed by atoms with Gasteiger partial charge in [0, 0.05) is 18.8 Å². The highest BCUT2D eigenvalue weighted by molar-refractivity contribution is 5.72. The number of quaternary nitrogens is 1. The molecule has 1 N–H and O–H groups in total. The van der Waals surface area contributed by atoms with E-state index in [1.165, 1.54) is 51.6 Å². The number of hydrogen-bond donors (Lipinski definition) is 1. The van der Waals surface area contributed by atoms with Crippen LogP contribution in [-0.2, 0) is 9.53 Å². The van der Waals surface area contributed by atoms with E-state index >= 15 is 0 Å². The third kappa shape index (κ3) is 5.28. The normalized spacial score (nSPS) is 23.3. The number of hydrogen-bond acceptors (Lipinski definition) is 2. The van der Waals surface area contributed by atoms with Gasteiger partial charge in [-0.15, -0.1) is 0 Å². The summed E-state index contributed by atoms with van der Waals surface area (Å²) in [7, 11) is 0. The van der Waals surface area contributed by atoms with E-state index in [1.807, 2.05) is 0 Å². The second kappa shape index (κ2) is 8.77. The van der Waals surface area contributed by atoms with Crippen molar-refractivity contribution in [3.8, 4) is 0 Å². The van der Waals surface area contributed by atoms with Crippen LogP contribution in [-0.4, -0.2) is 32.2 Å². The van der Waals surface area contributed by atoms with Gasteiger partial charge in [-0.1, -0.05) is 33.1 Å². The lowest BCUT2D eigenvalue weighted by Gasteiger charge is -2.23. The van der Waals surface area contributed by atoms with E-state index in [-0.39, 0.29) is 11.9 Å². The largest absolute Gasteiger partial charge is 0.465 e. The molecule has 0 aromatic heterocycles. The topological polar surface area (TPSA) is 30.7 Å². The first-order chi connectivity index (χ1) is 10.2. The van der Waals surface area contributed by atoms with E-state index in [1.54, 1.807) is 4.90 Å². The summed E-state index contributed by atoms with van der Waals surface area (Å²) in [5.41, 5.74) is 0. The lowest BCUT2D eigenvalue weighted by atomic mass is 9.87. The zero-order chi connectivity index (χ0) is 15.1. The fraction of sp³-hybridized carbons (Fsp3) is 0.944. The Kier molecular flexibility index (Phi) is 7.01. The minimum absolute atomic E-state index is 0.0898. The van der Waals surface area contributed by atoms with E-state index in [2.05, 4.69) is 13.8 Å². The van der Waals surface area contributed by atoms with Crippen molar-refractivity contribution < 1.29 is 14.4 Å². The lowest BCUT2D eigenvalue weighted by molar-refractivity contribution is -0.890. The Morgan fingerprint density at radius 3 is 2.48 bits per heavy atom. The maximum Gasteiger partial charge on any atom is 0.309 e. The molecule has 1 saturated carbocycles. The molecule has 0 bridgehead atoms. The number of carbonyl (C=O) groups is 1. The monoisotopic (exact) mass is 296 g/mol. The molecule has 2 rings (SSSR count). The standard InChI is InChI=1S/C18H33NO2/c1-3-8-17(16-9-4-5-10-16)18(20)21-14-15(2)13-19-11-6-7-12-19/h15-17H,3-14H2,1-2H3/p+1. The average Bonchev–Trinajstić information content (AvgIpc) is 3.15. The second-order valence-corrected chi connectivity index (χ2v) is 7.34. The zero-order valence-electron chi connectivity index (χ0n) is 14.0. The van der Waals surface area contributed by atoms with Crippen LogP contribution in [0.5, 0.6) is 0 Å². The molecular weight excluding hydrogens is 262 g/mol. The van der Waals surface area contributed by atoms with E-state index in [0.29, 0.717) is 18.4 Å². The highest BCUT2D eigenvalue weighted by atomic mass is 16.5. The van der Waals surface area contributed by atoms with Crippen LogP contribution in [0.15, 0.2) is 0 Å². The fourth-order valence-electron chi connectivity index (χ4n) is 4.18. The molecule has 2 atom stereocenters. The molecule has 21 heavy (non-hydrogen) atoms. The van der Waals surface area contributed by atoms with Crippen molar-refractivity contribution in [2.75, 3.05) is 26.2 Å². The van der Waals surface area contributed by atoms with Crippen LogP contribution in [0.1, 0.15) is 65.2 Å². The third-order valence-electron chi connectivity index (χ3n) is 5.33. The van der Waals surface area contributed by atoms with Gasteiger partial charge in [-0.2, -0.15) is 0 Å². The smallest absolute Gasteiger partial charge is 0.309 e. The van der Waals surface area contributed by atoms with Crippen molar-refractivity contribution in [1.29, 1.82) is 0 Å². The Labute approximate surface area is 130 Å². The Balaban J connectivity index is 1.72. The molecule has 3 nitrogen and oxygen atoms in total. The third-order valence-corrected chi connectivity index (χ3v) is 5.33. The van der Waals surface area contributed by atoms with Gasteiger partial charge in [-0.3, -0.25) is 4.79 Å². The van der Waals surface area contributed by atoms with Crippen LogP contribution in [0.4, 0.5) is 0 Å². The molecule has 0 aromatic rings. The van der Waals surface area contributed by atoms with E-state index < -0.39 is 0 Å². The van der Waals surface area contributed by atoms with Gasteiger partial charge in [0.1, 0.15) is 0 Å². The van der Waals surface area contributed by atoms with Gasteiger partial charge in [0.15, 0.2) is 0 Å². The van der Waals surface area contributed by atoms with Crippen LogP contribution in [0.2, 0.25) is 0 Å². The predicted octanol–water partition coefficient (Wildman–Crippen LogP) is 2.45. The Morgan fingerprint density at radius 1 is 1.19 bits per heavy atom. The summed E-state index contributed by atoms with van der Waals surface area (Å²) in [6.07, 6.45) is 9.88. The van der Waals surface area contributed by atoms with Crippen molar-refractivity contribution in [2.45, 2.75) is 65.2 Å². The number of nitrogens with one attached hydrogen (secondary N) is 1. The van der Waals surface area contributed by atoms with Gasteiger partial charge in [-0.05, 0) is 25.2 Å². The quantitative estimate of drug-likeness (QED) is 0.698. The number of esters is 1. The van der Waals surface area contributed by atoms with Crippen LogP contribution in [0, 0.1) is 17.8 Å². The fourth-order valence-corrected chi connectivity index (χ4v) is 4.18. The first-order valence-electron chi connectivity index (χ1n) is 9.21. The van der Waals surface area contributed by atoms with Crippen molar-refractivity contribution in [2.24, 2.45) is 17.8 Å². The van der Waals surface area contributed by atoms with Gasteiger partial charge in [0.2, 0.25) is 0 Å². The summed E-state index contributed by atoms with van der Waals surface area (Å²) in [5, 5.41) is 0. The van der Waals surface area contributed by atoms with E-state index in [9.17, 15) is 4.79 Å².